The van der Waals surface area contributed by atoms with Gasteiger partial charge in [-0.2, -0.15) is 0 Å². The number of hydrogen-bond donors (Lipinski definition) is 4. The fraction of sp³-hybridized carbons (Fsp3) is 0.464. The molecule has 0 amide bonds. The minimum Gasteiger partial charge on any atom is -0.388 e. The van der Waals surface area contributed by atoms with Crippen LogP contribution >= 0.6 is 0 Å². The van der Waals surface area contributed by atoms with Gasteiger partial charge in [0.05, 0.1) is 16.9 Å². The molecule has 4 aromatic rings. The first kappa shape index (κ1) is 22.0. The molecule has 8 heteroatoms. The van der Waals surface area contributed by atoms with Crippen LogP contribution in [-0.2, 0) is 6.42 Å². The number of aromatic nitrogens is 4. The molecule has 0 spiro atoms. The number of anilines is 2. The largest absolute Gasteiger partial charge is 0.388 e. The van der Waals surface area contributed by atoms with E-state index in [0.717, 1.165) is 34.9 Å². The standard InChI is InChI=1S/C28H32N6O2/c1-16-27(11-9-17-5-6-18-7-8-23(33-21(18)13-17)32-19-3-2-4-19)14-22(24(35)28(16,27)36)34-12-10-20-25(29)30-15-31-26(20)34/h5-8,10,12-13,15-16,19,22,24,35-36H,2-4,9,11,14H2,1H3,(H,32,33)(H2,29,30,31). The van der Waals surface area contributed by atoms with Crippen molar-refractivity contribution in [2.45, 2.75) is 69.2 Å². The van der Waals surface area contributed by atoms with Crippen molar-refractivity contribution in [1.82, 2.24) is 19.5 Å². The molecule has 0 radical (unpaired) electrons. The molecule has 3 aliphatic carbocycles. The highest BCUT2D eigenvalue weighted by molar-refractivity contribution is 5.86. The average molecular weight is 485 g/mol. The molecular formula is C28H32N6O2. The van der Waals surface area contributed by atoms with Crippen LogP contribution in [0.25, 0.3) is 21.9 Å². The Morgan fingerprint density at radius 2 is 2.00 bits per heavy atom. The van der Waals surface area contributed by atoms with Crippen LogP contribution in [0.2, 0.25) is 0 Å². The monoisotopic (exact) mass is 484 g/mol. The fourth-order valence-electron chi connectivity index (χ4n) is 7.04. The molecule has 5 N–H and O–H groups in total. The van der Waals surface area contributed by atoms with Gasteiger partial charge in [-0.15, -0.1) is 0 Å². The number of fused-ring (bicyclic) bond motifs is 3. The molecule has 8 nitrogen and oxygen atoms in total. The van der Waals surface area contributed by atoms with Crippen molar-refractivity contribution in [1.29, 1.82) is 0 Å². The zero-order valence-electron chi connectivity index (χ0n) is 20.4. The maximum atomic E-state index is 11.6. The van der Waals surface area contributed by atoms with E-state index in [4.69, 9.17) is 10.7 Å². The lowest BCUT2D eigenvalue weighted by molar-refractivity contribution is -0.0257. The summed E-state index contributed by atoms with van der Waals surface area (Å²) >= 11 is 0. The van der Waals surface area contributed by atoms with E-state index < -0.39 is 11.7 Å². The molecule has 0 saturated heterocycles. The third-order valence-corrected chi connectivity index (χ3v) is 9.56. The highest BCUT2D eigenvalue weighted by Gasteiger charge is 2.81. The molecule has 3 saturated carbocycles. The molecule has 5 unspecified atom stereocenters. The SMILES string of the molecule is CC1C2(CCc3ccc4ccc(NC5CCC5)nc4c3)CC(n3ccc4c(N)ncnc43)C(O)C12O. The minimum atomic E-state index is -1.10. The number of nitrogens with one attached hydrogen (secondary N) is 1. The number of aryl methyl sites for hydroxylation is 1. The molecule has 1 aromatic carbocycles. The number of rotatable bonds is 6. The lowest BCUT2D eigenvalue weighted by Gasteiger charge is -2.27. The van der Waals surface area contributed by atoms with Crippen molar-refractivity contribution in [3.8, 4) is 0 Å². The Morgan fingerprint density at radius 1 is 1.17 bits per heavy atom. The molecule has 186 valence electrons. The van der Waals surface area contributed by atoms with Crippen molar-refractivity contribution >= 4 is 33.6 Å². The van der Waals surface area contributed by atoms with E-state index in [1.54, 1.807) is 0 Å². The molecule has 3 aliphatic rings. The van der Waals surface area contributed by atoms with Crippen LogP contribution in [0, 0.1) is 11.3 Å². The van der Waals surface area contributed by atoms with E-state index >= 15 is 0 Å². The van der Waals surface area contributed by atoms with Crippen LogP contribution < -0.4 is 11.1 Å². The summed E-state index contributed by atoms with van der Waals surface area (Å²) in [5, 5.41) is 28.3. The topological polar surface area (TPSA) is 122 Å². The van der Waals surface area contributed by atoms with Crippen LogP contribution in [0.5, 0.6) is 0 Å². The number of aliphatic hydroxyl groups excluding tert-OH is 1. The first-order chi connectivity index (χ1) is 17.4. The lowest BCUT2D eigenvalue weighted by Crippen LogP contribution is -2.34. The minimum absolute atomic E-state index is 0.0367. The molecule has 0 aliphatic heterocycles. The van der Waals surface area contributed by atoms with Gasteiger partial charge in [-0.05, 0) is 74.3 Å². The summed E-state index contributed by atoms with van der Waals surface area (Å²) in [6.07, 6.45) is 8.54. The maximum absolute atomic E-state index is 11.6. The second-order valence-electron chi connectivity index (χ2n) is 11.1. The highest BCUT2D eigenvalue weighted by atomic mass is 16.4. The molecule has 36 heavy (non-hydrogen) atoms. The third-order valence-electron chi connectivity index (χ3n) is 9.56. The second-order valence-corrected chi connectivity index (χ2v) is 11.1. The molecule has 5 atom stereocenters. The van der Waals surface area contributed by atoms with E-state index in [1.807, 2.05) is 16.8 Å². The third kappa shape index (κ3) is 2.97. The summed E-state index contributed by atoms with van der Waals surface area (Å²) in [5.74, 6) is 1.40. The Bertz CT molecular complexity index is 1480. The van der Waals surface area contributed by atoms with Gasteiger partial charge in [0.25, 0.3) is 0 Å². The smallest absolute Gasteiger partial charge is 0.145 e. The normalized spacial score (nSPS) is 31.5. The first-order valence-corrected chi connectivity index (χ1v) is 13.0. The van der Waals surface area contributed by atoms with Gasteiger partial charge in [0.15, 0.2) is 0 Å². The Hall–Kier alpha value is -3.23. The highest BCUT2D eigenvalue weighted by Crippen LogP contribution is 2.75. The van der Waals surface area contributed by atoms with Crippen LogP contribution in [-0.4, -0.2) is 47.5 Å². The summed E-state index contributed by atoms with van der Waals surface area (Å²) < 4.78 is 1.97. The van der Waals surface area contributed by atoms with Gasteiger partial charge in [0.2, 0.25) is 0 Å². The lowest BCUT2D eigenvalue weighted by atomic mass is 9.90. The van der Waals surface area contributed by atoms with E-state index in [0.29, 0.717) is 23.9 Å². The van der Waals surface area contributed by atoms with Gasteiger partial charge in [0.1, 0.15) is 35.3 Å². The van der Waals surface area contributed by atoms with Gasteiger partial charge in [-0.1, -0.05) is 19.1 Å². The van der Waals surface area contributed by atoms with Crippen molar-refractivity contribution in [3.63, 3.8) is 0 Å². The summed E-state index contributed by atoms with van der Waals surface area (Å²) in [6, 6.07) is 12.8. The van der Waals surface area contributed by atoms with Gasteiger partial charge < -0.3 is 25.8 Å². The number of nitrogens with zero attached hydrogens (tertiary/aromatic N) is 4. The molecule has 3 aromatic heterocycles. The predicted octanol–water partition coefficient (Wildman–Crippen LogP) is 3.83. The number of benzene rings is 1. The fourth-order valence-corrected chi connectivity index (χ4v) is 7.04. The Morgan fingerprint density at radius 3 is 2.81 bits per heavy atom. The van der Waals surface area contributed by atoms with E-state index in [1.165, 1.54) is 31.2 Å². The van der Waals surface area contributed by atoms with Crippen LogP contribution in [0.1, 0.15) is 50.6 Å². The first-order valence-electron chi connectivity index (χ1n) is 13.0. The van der Waals surface area contributed by atoms with E-state index in [2.05, 4.69) is 52.5 Å². The Labute approximate surface area is 209 Å². The van der Waals surface area contributed by atoms with E-state index in [-0.39, 0.29) is 17.4 Å². The number of aliphatic hydroxyl groups is 2. The number of nitrogen functional groups attached to an aromatic ring is 1. The molecule has 0 bridgehead atoms. The average Bonchev–Trinajstić information content (AvgIpc) is 3.14. The molecule has 3 heterocycles. The van der Waals surface area contributed by atoms with Crippen molar-refractivity contribution in [3.05, 3.63) is 54.5 Å². The zero-order valence-corrected chi connectivity index (χ0v) is 20.4. The Balaban J connectivity index is 1.13. The van der Waals surface area contributed by atoms with Crippen molar-refractivity contribution in [2.75, 3.05) is 11.1 Å². The van der Waals surface area contributed by atoms with Crippen LogP contribution in [0.15, 0.2) is 48.9 Å². The molecule has 3 fully saturated rings. The van der Waals surface area contributed by atoms with Crippen molar-refractivity contribution in [2.24, 2.45) is 11.3 Å². The summed E-state index contributed by atoms with van der Waals surface area (Å²) in [7, 11) is 0. The zero-order chi connectivity index (χ0) is 24.7. The number of hydrogen-bond acceptors (Lipinski definition) is 7. The Kier molecular flexibility index (Phi) is 4.67. The quantitative estimate of drug-likeness (QED) is 0.328. The summed E-state index contributed by atoms with van der Waals surface area (Å²) in [4.78, 5) is 13.3. The van der Waals surface area contributed by atoms with Gasteiger partial charge in [-0.25, -0.2) is 15.0 Å². The predicted molar refractivity (Wildman–Crippen MR) is 139 cm³/mol. The van der Waals surface area contributed by atoms with Gasteiger partial charge in [0, 0.05) is 23.0 Å². The second kappa shape index (κ2) is 7.63. The molecular weight excluding hydrogens is 452 g/mol. The van der Waals surface area contributed by atoms with Crippen molar-refractivity contribution < 1.29 is 10.2 Å². The maximum Gasteiger partial charge on any atom is 0.145 e. The van der Waals surface area contributed by atoms with E-state index in [9.17, 15) is 10.2 Å². The molecule has 7 rings (SSSR count). The summed E-state index contributed by atoms with van der Waals surface area (Å²) in [5.41, 5.74) is 7.50. The van der Waals surface area contributed by atoms with Crippen LogP contribution in [0.4, 0.5) is 11.6 Å². The van der Waals surface area contributed by atoms with Gasteiger partial charge >= 0.3 is 0 Å². The van der Waals surface area contributed by atoms with Crippen LogP contribution in [0.3, 0.4) is 0 Å². The van der Waals surface area contributed by atoms with Gasteiger partial charge in [-0.3, -0.25) is 0 Å². The summed E-state index contributed by atoms with van der Waals surface area (Å²) in [6.45, 7) is 2.06. The number of pyridine rings is 1. The number of nitrogens with two attached hydrogens (primary N) is 1.